The van der Waals surface area contributed by atoms with Crippen LogP contribution in [0.4, 0.5) is 13.2 Å². The van der Waals surface area contributed by atoms with Gasteiger partial charge in [-0.15, -0.1) is 0 Å². The largest absolute Gasteiger partial charge is 0.456 e. The fourth-order valence-corrected chi connectivity index (χ4v) is 1.88. The van der Waals surface area contributed by atoms with Crippen LogP contribution >= 0.6 is 0 Å². The van der Waals surface area contributed by atoms with E-state index in [9.17, 15) is 18.0 Å². The summed E-state index contributed by atoms with van der Waals surface area (Å²) in [5.41, 5.74) is -0.483. The zero-order valence-corrected chi connectivity index (χ0v) is 13.4. The third-order valence-corrected chi connectivity index (χ3v) is 4.23. The van der Waals surface area contributed by atoms with Crippen molar-refractivity contribution in [2.24, 2.45) is 16.7 Å². The van der Waals surface area contributed by atoms with E-state index in [1.54, 1.807) is 0 Å². The highest BCUT2D eigenvalue weighted by atomic mass is 19.4. The number of halogens is 3. The fourth-order valence-electron chi connectivity index (χ4n) is 1.88. The summed E-state index contributed by atoms with van der Waals surface area (Å²) in [7, 11) is 0. The van der Waals surface area contributed by atoms with Gasteiger partial charge < -0.3 is 4.74 Å². The molecule has 0 aliphatic carbocycles. The molecule has 2 nitrogen and oxygen atoms in total. The van der Waals surface area contributed by atoms with Crippen molar-refractivity contribution in [3.8, 4) is 0 Å². The maximum Gasteiger partial charge on any atom is 0.422 e. The minimum atomic E-state index is -4.48. The van der Waals surface area contributed by atoms with E-state index < -0.39 is 24.7 Å². The molecule has 0 saturated carbocycles. The molecule has 0 saturated heterocycles. The minimum Gasteiger partial charge on any atom is -0.456 e. The number of carbonyl (C=O) groups excluding carboxylic acids is 1. The van der Waals surface area contributed by atoms with Gasteiger partial charge in [0, 0.05) is 0 Å². The van der Waals surface area contributed by atoms with Gasteiger partial charge in [-0.25, -0.2) is 0 Å². The van der Waals surface area contributed by atoms with E-state index >= 15 is 0 Å². The number of rotatable bonds is 7. The topological polar surface area (TPSA) is 26.3 Å². The molecule has 0 aliphatic rings. The van der Waals surface area contributed by atoms with E-state index in [0.717, 1.165) is 6.42 Å². The molecule has 0 fully saturated rings. The standard InChI is InChI=1S/C15H27F3O2/c1-7-13(3,4)9-11(14(5,6)8-2)12(19)20-10-15(16,17)18/h11H,7-10H2,1-6H3. The summed E-state index contributed by atoms with van der Waals surface area (Å²) in [4.78, 5) is 12.1. The number of hydrogen-bond donors (Lipinski definition) is 0. The summed E-state index contributed by atoms with van der Waals surface area (Å²) in [6.45, 7) is 10.3. The van der Waals surface area contributed by atoms with Gasteiger partial charge in [-0.05, 0) is 17.3 Å². The molecule has 0 heterocycles. The van der Waals surface area contributed by atoms with Crippen LogP contribution in [-0.4, -0.2) is 18.8 Å². The number of alkyl halides is 3. The average molecular weight is 296 g/mol. The van der Waals surface area contributed by atoms with Gasteiger partial charge in [0.1, 0.15) is 0 Å². The van der Waals surface area contributed by atoms with E-state index in [0.29, 0.717) is 12.8 Å². The Morgan fingerprint density at radius 1 is 1.05 bits per heavy atom. The van der Waals surface area contributed by atoms with E-state index in [4.69, 9.17) is 0 Å². The molecule has 0 aromatic carbocycles. The quantitative estimate of drug-likeness (QED) is 0.620. The molecule has 5 heteroatoms. The second-order valence-corrected chi connectivity index (χ2v) is 6.84. The number of carbonyl (C=O) groups is 1. The Hall–Kier alpha value is -0.740. The van der Waals surface area contributed by atoms with Crippen LogP contribution in [0, 0.1) is 16.7 Å². The highest BCUT2D eigenvalue weighted by Crippen LogP contribution is 2.41. The van der Waals surface area contributed by atoms with Crippen LogP contribution in [0.1, 0.15) is 60.8 Å². The van der Waals surface area contributed by atoms with Crippen molar-refractivity contribution in [2.75, 3.05) is 6.61 Å². The Morgan fingerprint density at radius 3 is 1.90 bits per heavy atom. The van der Waals surface area contributed by atoms with E-state index in [1.807, 2.05) is 41.5 Å². The first-order valence-electron chi connectivity index (χ1n) is 7.08. The Bertz CT molecular complexity index is 320. The van der Waals surface area contributed by atoms with Crippen molar-refractivity contribution in [3.05, 3.63) is 0 Å². The lowest BCUT2D eigenvalue weighted by Gasteiger charge is -2.37. The molecule has 0 spiro atoms. The molecule has 1 unspecified atom stereocenters. The van der Waals surface area contributed by atoms with Crippen molar-refractivity contribution in [1.29, 1.82) is 0 Å². The lowest BCUT2D eigenvalue weighted by Crippen LogP contribution is -2.37. The van der Waals surface area contributed by atoms with Crippen molar-refractivity contribution in [3.63, 3.8) is 0 Å². The van der Waals surface area contributed by atoms with Gasteiger partial charge in [0.15, 0.2) is 6.61 Å². The maximum absolute atomic E-state index is 12.2. The molecule has 0 rings (SSSR count). The van der Waals surface area contributed by atoms with Crippen molar-refractivity contribution in [2.45, 2.75) is 67.0 Å². The maximum atomic E-state index is 12.2. The Labute approximate surface area is 120 Å². The zero-order chi connectivity index (χ0) is 16.2. The molecule has 0 aromatic rings. The molecule has 120 valence electrons. The van der Waals surface area contributed by atoms with Crippen LogP contribution in [0.25, 0.3) is 0 Å². The Morgan fingerprint density at radius 2 is 1.55 bits per heavy atom. The zero-order valence-electron chi connectivity index (χ0n) is 13.4. The third-order valence-electron chi connectivity index (χ3n) is 4.23. The van der Waals surface area contributed by atoms with Crippen LogP contribution < -0.4 is 0 Å². The van der Waals surface area contributed by atoms with Gasteiger partial charge in [-0.2, -0.15) is 13.2 Å². The minimum absolute atomic E-state index is 0.103. The molecule has 20 heavy (non-hydrogen) atoms. The summed E-state index contributed by atoms with van der Waals surface area (Å²) in [5, 5.41) is 0. The van der Waals surface area contributed by atoms with Crippen LogP contribution in [0.5, 0.6) is 0 Å². The Balaban J connectivity index is 5.00. The molecule has 0 amide bonds. The number of esters is 1. The van der Waals surface area contributed by atoms with Crippen LogP contribution in [0.2, 0.25) is 0 Å². The summed E-state index contributed by atoms with van der Waals surface area (Å²) in [6, 6.07) is 0. The number of ether oxygens (including phenoxy) is 1. The van der Waals surface area contributed by atoms with E-state index in [-0.39, 0.29) is 10.8 Å². The van der Waals surface area contributed by atoms with E-state index in [1.165, 1.54) is 0 Å². The van der Waals surface area contributed by atoms with Crippen molar-refractivity contribution < 1.29 is 22.7 Å². The molecular formula is C15H27F3O2. The summed E-state index contributed by atoms with van der Waals surface area (Å²) in [5.74, 6) is -1.26. The summed E-state index contributed by atoms with van der Waals surface area (Å²) in [6.07, 6.45) is -2.38. The SMILES string of the molecule is CCC(C)(C)CC(C(=O)OCC(F)(F)F)C(C)(C)CC. The normalized spacial score (nSPS) is 15.1. The second-order valence-electron chi connectivity index (χ2n) is 6.84. The predicted octanol–water partition coefficient (Wildman–Crippen LogP) is 4.97. The Kier molecular flexibility index (Phi) is 6.56. The van der Waals surface area contributed by atoms with Gasteiger partial charge in [-0.1, -0.05) is 54.4 Å². The van der Waals surface area contributed by atoms with Gasteiger partial charge in [-0.3, -0.25) is 4.79 Å². The van der Waals surface area contributed by atoms with Gasteiger partial charge in [0.05, 0.1) is 5.92 Å². The molecule has 0 radical (unpaired) electrons. The lowest BCUT2D eigenvalue weighted by atomic mass is 9.68. The van der Waals surface area contributed by atoms with Crippen molar-refractivity contribution >= 4 is 5.97 Å². The molecule has 1 atom stereocenters. The van der Waals surface area contributed by atoms with Gasteiger partial charge in [0.2, 0.25) is 0 Å². The highest BCUT2D eigenvalue weighted by Gasteiger charge is 2.40. The summed E-state index contributed by atoms with van der Waals surface area (Å²) < 4.78 is 41.0. The first-order valence-corrected chi connectivity index (χ1v) is 7.08. The molecule has 0 aliphatic heterocycles. The van der Waals surface area contributed by atoms with Gasteiger partial charge >= 0.3 is 12.1 Å². The van der Waals surface area contributed by atoms with Gasteiger partial charge in [0.25, 0.3) is 0 Å². The first kappa shape index (κ1) is 19.3. The molecule has 0 bridgehead atoms. The van der Waals surface area contributed by atoms with Crippen molar-refractivity contribution in [1.82, 2.24) is 0 Å². The number of hydrogen-bond acceptors (Lipinski definition) is 2. The second kappa shape index (κ2) is 6.81. The molecular weight excluding hydrogens is 269 g/mol. The lowest BCUT2D eigenvalue weighted by molar-refractivity contribution is -0.192. The van der Waals surface area contributed by atoms with E-state index in [2.05, 4.69) is 4.74 Å². The monoisotopic (exact) mass is 296 g/mol. The third kappa shape index (κ3) is 6.62. The fraction of sp³-hybridized carbons (Fsp3) is 0.933. The van der Waals surface area contributed by atoms with Crippen LogP contribution in [0.3, 0.4) is 0 Å². The predicted molar refractivity (Wildman–Crippen MR) is 73.3 cm³/mol. The molecule has 0 N–H and O–H groups in total. The average Bonchev–Trinajstić information content (AvgIpc) is 2.32. The molecule has 0 aromatic heterocycles. The smallest absolute Gasteiger partial charge is 0.422 e. The highest BCUT2D eigenvalue weighted by molar-refractivity contribution is 5.73. The van der Waals surface area contributed by atoms with Crippen LogP contribution in [-0.2, 0) is 9.53 Å². The summed E-state index contributed by atoms with van der Waals surface area (Å²) >= 11 is 0. The van der Waals surface area contributed by atoms with Crippen LogP contribution in [0.15, 0.2) is 0 Å². The first-order chi connectivity index (χ1) is 8.84.